The molecule has 0 saturated carbocycles. The van der Waals surface area contributed by atoms with Gasteiger partial charge in [-0.25, -0.2) is 37.5 Å². The van der Waals surface area contributed by atoms with Crippen LogP contribution in [0.2, 0.25) is 5.28 Å². The highest BCUT2D eigenvalue weighted by molar-refractivity contribution is 9.10. The molecule has 0 saturated heterocycles. The molecule has 2 aromatic heterocycles. The molecule has 0 aliphatic rings. The molecule has 0 aliphatic heterocycles. The minimum Gasteiger partial charge on any atom is -0.399 e. The Morgan fingerprint density at radius 3 is 1.84 bits per heavy atom. The predicted molar refractivity (Wildman–Crippen MR) is 145 cm³/mol. The van der Waals surface area contributed by atoms with Gasteiger partial charge in [-0.1, -0.05) is 0 Å². The fraction of sp³-hybridized carbons (Fsp3) is 0.130. The third-order valence-electron chi connectivity index (χ3n) is 4.00. The number of aryl methyl sites for hydroxylation is 1. The van der Waals surface area contributed by atoms with Crippen molar-refractivity contribution in [3.05, 3.63) is 87.4 Å². The van der Waals surface area contributed by atoms with E-state index < -0.39 is 23.3 Å². The van der Waals surface area contributed by atoms with Crippen molar-refractivity contribution in [2.45, 2.75) is 17.0 Å². The standard InChI is InChI=1S/C11H8BrF2N3S.C6H7ClN2S.C6H5F2N/c1-18-10-9(12)5-15-11(17-10)16-8-3-6(13)2-7(14)4-8;1-4-3-8-6(7)9-5(4)10-2;7-4-1-5(8)3-6(9)2-4/h2-5H,1H3,(H,15,16,17);3H,1-2H3;1-3H,9H2. The zero-order valence-electron chi connectivity index (χ0n) is 19.6. The molecule has 0 spiro atoms. The average Bonchev–Trinajstić information content (AvgIpc) is 2.81. The normalized spacial score (nSPS) is 10.1. The van der Waals surface area contributed by atoms with E-state index >= 15 is 0 Å². The first-order valence-corrected chi connectivity index (χ1v) is 13.7. The minimum absolute atomic E-state index is 0.104. The van der Waals surface area contributed by atoms with Crippen LogP contribution in [-0.4, -0.2) is 32.4 Å². The van der Waals surface area contributed by atoms with Crippen LogP contribution in [0.25, 0.3) is 0 Å². The van der Waals surface area contributed by atoms with Crippen molar-refractivity contribution in [3.63, 3.8) is 0 Å². The van der Waals surface area contributed by atoms with Crippen LogP contribution in [0.5, 0.6) is 0 Å². The fourth-order valence-corrected chi connectivity index (χ4v) is 4.34. The second-order valence-electron chi connectivity index (χ2n) is 6.87. The van der Waals surface area contributed by atoms with Gasteiger partial charge in [0, 0.05) is 35.9 Å². The van der Waals surface area contributed by atoms with Gasteiger partial charge < -0.3 is 11.1 Å². The van der Waals surface area contributed by atoms with Crippen LogP contribution in [0.1, 0.15) is 5.56 Å². The highest BCUT2D eigenvalue weighted by atomic mass is 79.9. The van der Waals surface area contributed by atoms with Gasteiger partial charge in [0.1, 0.15) is 33.3 Å². The third kappa shape index (κ3) is 10.7. The highest BCUT2D eigenvalue weighted by Gasteiger charge is 2.06. The number of nitrogen functional groups attached to an aromatic ring is 1. The average molecular weight is 636 g/mol. The van der Waals surface area contributed by atoms with E-state index in [-0.39, 0.29) is 17.3 Å². The molecule has 37 heavy (non-hydrogen) atoms. The molecule has 2 aromatic carbocycles. The van der Waals surface area contributed by atoms with Crippen LogP contribution < -0.4 is 11.1 Å². The number of aromatic nitrogens is 4. The van der Waals surface area contributed by atoms with E-state index in [4.69, 9.17) is 17.3 Å². The number of thioether (sulfide) groups is 2. The highest BCUT2D eigenvalue weighted by Crippen LogP contribution is 2.25. The Kier molecular flexibility index (Phi) is 12.4. The molecule has 4 aromatic rings. The topological polar surface area (TPSA) is 89.6 Å². The van der Waals surface area contributed by atoms with Gasteiger partial charge in [0.05, 0.1) is 4.47 Å². The largest absolute Gasteiger partial charge is 0.399 e. The first-order chi connectivity index (χ1) is 17.5. The van der Waals surface area contributed by atoms with E-state index in [9.17, 15) is 17.6 Å². The van der Waals surface area contributed by atoms with Crippen LogP contribution in [0.3, 0.4) is 0 Å². The summed E-state index contributed by atoms with van der Waals surface area (Å²) in [5, 5.41) is 4.75. The SMILES string of the molecule is CSc1nc(Cl)ncc1C.CSc1nc(Nc2cc(F)cc(F)c2)ncc1Br.Nc1cc(F)cc(F)c1. The molecule has 0 unspecified atom stereocenters. The molecule has 14 heteroatoms. The number of halogens is 6. The van der Waals surface area contributed by atoms with E-state index in [0.29, 0.717) is 5.28 Å². The Balaban J connectivity index is 0.000000214. The van der Waals surface area contributed by atoms with E-state index in [1.165, 1.54) is 23.9 Å². The predicted octanol–water partition coefficient (Wildman–Crippen LogP) is 7.69. The maximum atomic E-state index is 13.0. The number of nitrogens with one attached hydrogen (secondary N) is 1. The van der Waals surface area contributed by atoms with Crippen LogP contribution in [0.4, 0.5) is 34.9 Å². The summed E-state index contributed by atoms with van der Waals surface area (Å²) in [6.45, 7) is 1.96. The lowest BCUT2D eigenvalue weighted by molar-refractivity contribution is 0.583. The summed E-state index contributed by atoms with van der Waals surface area (Å²) in [6, 6.07) is 6.05. The summed E-state index contributed by atoms with van der Waals surface area (Å²) < 4.78 is 51.0. The lowest BCUT2D eigenvalue weighted by Crippen LogP contribution is -1.99. The second kappa shape index (κ2) is 15.0. The number of hydrogen-bond acceptors (Lipinski definition) is 8. The maximum absolute atomic E-state index is 13.0. The van der Waals surface area contributed by atoms with Gasteiger partial charge in [0.2, 0.25) is 11.2 Å². The Labute approximate surface area is 233 Å². The van der Waals surface area contributed by atoms with E-state index in [2.05, 4.69) is 41.2 Å². The van der Waals surface area contributed by atoms with Gasteiger partial charge in [-0.05, 0) is 76.8 Å². The molecular formula is C23H20BrClF4N6S2. The summed E-state index contributed by atoms with van der Waals surface area (Å²) in [5.74, 6) is -2.31. The van der Waals surface area contributed by atoms with Crippen molar-refractivity contribution in [3.8, 4) is 0 Å². The van der Waals surface area contributed by atoms with Crippen molar-refractivity contribution < 1.29 is 17.6 Å². The molecule has 0 radical (unpaired) electrons. The lowest BCUT2D eigenvalue weighted by atomic mass is 10.3. The van der Waals surface area contributed by atoms with E-state index in [0.717, 1.165) is 44.4 Å². The minimum atomic E-state index is -0.653. The van der Waals surface area contributed by atoms with Crippen molar-refractivity contribution in [2.24, 2.45) is 0 Å². The molecule has 0 fully saturated rings. The zero-order chi connectivity index (χ0) is 27.5. The fourth-order valence-electron chi connectivity index (χ4n) is 2.50. The summed E-state index contributed by atoms with van der Waals surface area (Å²) in [7, 11) is 0. The molecule has 4 rings (SSSR count). The molecule has 6 nitrogen and oxygen atoms in total. The molecule has 2 heterocycles. The molecule has 0 bridgehead atoms. The number of rotatable bonds is 4. The number of anilines is 3. The van der Waals surface area contributed by atoms with Gasteiger partial charge in [-0.15, -0.1) is 23.5 Å². The van der Waals surface area contributed by atoms with Crippen LogP contribution in [0, 0.1) is 30.2 Å². The van der Waals surface area contributed by atoms with Crippen LogP contribution in [0.15, 0.2) is 63.3 Å². The smallest absolute Gasteiger partial charge is 0.228 e. The number of benzene rings is 2. The van der Waals surface area contributed by atoms with Gasteiger partial charge in [-0.3, -0.25) is 0 Å². The molecule has 0 aliphatic carbocycles. The van der Waals surface area contributed by atoms with Crippen molar-refractivity contribution in [1.82, 2.24) is 19.9 Å². The van der Waals surface area contributed by atoms with Gasteiger partial charge in [-0.2, -0.15) is 0 Å². The molecule has 0 atom stereocenters. The second-order valence-corrected chi connectivity index (χ2v) is 9.65. The summed E-state index contributed by atoms with van der Waals surface area (Å²) in [6.07, 6.45) is 7.14. The molecule has 196 valence electrons. The first-order valence-electron chi connectivity index (χ1n) is 10.0. The first kappa shape index (κ1) is 30.6. The van der Waals surface area contributed by atoms with Crippen molar-refractivity contribution in [1.29, 1.82) is 0 Å². The van der Waals surface area contributed by atoms with Gasteiger partial charge >= 0.3 is 0 Å². The van der Waals surface area contributed by atoms with E-state index in [1.807, 2.05) is 19.4 Å². The van der Waals surface area contributed by atoms with Gasteiger partial charge in [0.25, 0.3) is 0 Å². The van der Waals surface area contributed by atoms with Gasteiger partial charge in [0.15, 0.2) is 0 Å². The van der Waals surface area contributed by atoms with Crippen molar-refractivity contribution in [2.75, 3.05) is 23.6 Å². The Hall–Kier alpha value is -2.61. The Bertz CT molecular complexity index is 1280. The number of nitrogens with zero attached hydrogens (tertiary/aromatic N) is 4. The van der Waals surface area contributed by atoms with E-state index in [1.54, 1.807) is 24.2 Å². The Morgan fingerprint density at radius 2 is 1.35 bits per heavy atom. The summed E-state index contributed by atoms with van der Waals surface area (Å²) in [5.41, 5.74) is 6.52. The summed E-state index contributed by atoms with van der Waals surface area (Å²) >= 11 is 11.9. The monoisotopic (exact) mass is 634 g/mol. The van der Waals surface area contributed by atoms with Crippen LogP contribution >= 0.6 is 51.1 Å². The molecular weight excluding hydrogens is 616 g/mol. The third-order valence-corrected chi connectivity index (χ3v) is 6.52. The summed E-state index contributed by atoms with van der Waals surface area (Å²) in [4.78, 5) is 16.0. The maximum Gasteiger partial charge on any atom is 0.228 e. The number of nitrogens with two attached hydrogens (primary N) is 1. The Morgan fingerprint density at radius 1 is 0.811 bits per heavy atom. The zero-order valence-corrected chi connectivity index (χ0v) is 23.5. The van der Waals surface area contributed by atoms with Crippen molar-refractivity contribution >= 4 is 68.4 Å². The van der Waals surface area contributed by atoms with Crippen LogP contribution in [-0.2, 0) is 0 Å². The quantitative estimate of drug-likeness (QED) is 0.0776. The lowest BCUT2D eigenvalue weighted by Gasteiger charge is -2.07. The molecule has 0 amide bonds. The molecule has 3 N–H and O–H groups in total. The number of hydrogen-bond donors (Lipinski definition) is 2.